The summed E-state index contributed by atoms with van der Waals surface area (Å²) in [5.41, 5.74) is 2.22. The zero-order chi connectivity index (χ0) is 17.2. The maximum Gasteiger partial charge on any atom is 0.269 e. The van der Waals surface area contributed by atoms with E-state index in [2.05, 4.69) is 15.0 Å². The summed E-state index contributed by atoms with van der Waals surface area (Å²) >= 11 is 0. The van der Waals surface area contributed by atoms with Gasteiger partial charge in [0, 0.05) is 50.6 Å². The molecule has 3 heterocycles. The summed E-state index contributed by atoms with van der Waals surface area (Å²) in [4.78, 5) is 30.0. The summed E-state index contributed by atoms with van der Waals surface area (Å²) in [6.07, 6.45) is 9.01. The molecule has 1 aliphatic heterocycles. The van der Waals surface area contributed by atoms with E-state index in [0.29, 0.717) is 19.0 Å². The summed E-state index contributed by atoms with van der Waals surface area (Å²) in [5, 5.41) is 4.60. The first-order valence-electron chi connectivity index (χ1n) is 9.02. The number of fused-ring (bicyclic) bond motifs is 1. The fraction of sp³-hybridized carbons (Fsp3) is 0.556. The minimum atomic E-state index is -0.0654. The van der Waals surface area contributed by atoms with Crippen LogP contribution in [0.1, 0.15) is 24.1 Å². The highest BCUT2D eigenvalue weighted by Crippen LogP contribution is 2.19. The highest BCUT2D eigenvalue weighted by molar-refractivity contribution is 5.20. The van der Waals surface area contributed by atoms with Gasteiger partial charge in [-0.1, -0.05) is 0 Å². The summed E-state index contributed by atoms with van der Waals surface area (Å²) < 4.78 is 3.33. The number of hydrogen-bond donors (Lipinski definition) is 0. The number of rotatable bonds is 5. The Morgan fingerprint density at radius 2 is 1.92 bits per heavy atom. The lowest BCUT2D eigenvalue weighted by Gasteiger charge is -2.39. The van der Waals surface area contributed by atoms with Crippen molar-refractivity contribution in [3.05, 3.63) is 56.6 Å². The van der Waals surface area contributed by atoms with Gasteiger partial charge in [-0.2, -0.15) is 5.10 Å². The van der Waals surface area contributed by atoms with Crippen molar-refractivity contribution in [1.29, 1.82) is 0 Å². The third-order valence-electron chi connectivity index (χ3n) is 5.20. The van der Waals surface area contributed by atoms with E-state index in [1.165, 1.54) is 12.6 Å². The zero-order valence-electron chi connectivity index (χ0n) is 14.3. The van der Waals surface area contributed by atoms with E-state index < -0.39 is 0 Å². The second kappa shape index (κ2) is 6.92. The number of aromatic nitrogens is 4. The molecule has 7 nitrogen and oxygen atoms in total. The van der Waals surface area contributed by atoms with E-state index in [1.807, 2.05) is 0 Å². The molecule has 1 fully saturated rings. The van der Waals surface area contributed by atoms with Gasteiger partial charge >= 0.3 is 0 Å². The van der Waals surface area contributed by atoms with Crippen LogP contribution in [-0.2, 0) is 25.9 Å². The molecule has 132 valence electrons. The highest BCUT2D eigenvalue weighted by atomic mass is 16.1. The molecule has 7 heteroatoms. The zero-order valence-corrected chi connectivity index (χ0v) is 14.3. The van der Waals surface area contributed by atoms with E-state index in [1.54, 1.807) is 27.7 Å². The second-order valence-electron chi connectivity index (χ2n) is 7.08. The Labute approximate surface area is 145 Å². The maximum absolute atomic E-state index is 12.2. The molecule has 2 aliphatic rings. The molecule has 1 aliphatic carbocycles. The molecule has 0 saturated carbocycles. The third kappa shape index (κ3) is 3.56. The maximum atomic E-state index is 12.2. The lowest BCUT2D eigenvalue weighted by atomic mass is 9.96. The first-order valence-corrected chi connectivity index (χ1v) is 9.02. The van der Waals surface area contributed by atoms with Gasteiger partial charge in [0.2, 0.25) is 0 Å². The van der Waals surface area contributed by atoms with Crippen LogP contribution in [0.25, 0.3) is 0 Å². The number of hydrogen-bond acceptors (Lipinski definition) is 5. The van der Waals surface area contributed by atoms with Gasteiger partial charge in [-0.05, 0) is 31.2 Å². The first kappa shape index (κ1) is 16.2. The van der Waals surface area contributed by atoms with E-state index in [-0.39, 0.29) is 11.1 Å². The molecule has 0 unspecified atom stereocenters. The SMILES string of the molecule is O=c1cnccn1CCN1CC(Cn2nc3c(cc2=O)CCCC3)C1. The van der Waals surface area contributed by atoms with Crippen molar-refractivity contribution in [2.75, 3.05) is 19.6 Å². The molecular weight excluding hydrogens is 318 g/mol. The van der Waals surface area contributed by atoms with Crippen LogP contribution >= 0.6 is 0 Å². The predicted octanol–water partition coefficient (Wildman–Crippen LogP) is 0.311. The monoisotopic (exact) mass is 341 g/mol. The molecule has 0 aromatic carbocycles. The molecule has 0 bridgehead atoms. The van der Waals surface area contributed by atoms with Crippen molar-refractivity contribution in [2.24, 2.45) is 5.92 Å². The van der Waals surface area contributed by atoms with Crippen molar-refractivity contribution < 1.29 is 0 Å². The molecule has 0 amide bonds. The Bertz CT molecular complexity index is 866. The van der Waals surface area contributed by atoms with Crippen LogP contribution in [0.3, 0.4) is 0 Å². The molecule has 1 saturated heterocycles. The predicted molar refractivity (Wildman–Crippen MR) is 93.6 cm³/mol. The molecule has 0 spiro atoms. The van der Waals surface area contributed by atoms with E-state index in [9.17, 15) is 9.59 Å². The van der Waals surface area contributed by atoms with Crippen molar-refractivity contribution >= 4 is 0 Å². The van der Waals surface area contributed by atoms with Gasteiger partial charge in [-0.15, -0.1) is 0 Å². The largest absolute Gasteiger partial charge is 0.311 e. The van der Waals surface area contributed by atoms with Gasteiger partial charge in [-0.25, -0.2) is 4.68 Å². The molecule has 0 radical (unpaired) electrons. The van der Waals surface area contributed by atoms with Crippen molar-refractivity contribution in [1.82, 2.24) is 24.2 Å². The van der Waals surface area contributed by atoms with Gasteiger partial charge in [0.05, 0.1) is 18.4 Å². The van der Waals surface area contributed by atoms with Crippen LogP contribution < -0.4 is 11.1 Å². The first-order chi connectivity index (χ1) is 12.2. The Morgan fingerprint density at radius 1 is 1.08 bits per heavy atom. The minimum Gasteiger partial charge on any atom is -0.311 e. The van der Waals surface area contributed by atoms with Crippen LogP contribution in [0.2, 0.25) is 0 Å². The van der Waals surface area contributed by atoms with Gasteiger partial charge in [0.25, 0.3) is 11.1 Å². The molecule has 4 rings (SSSR count). The average molecular weight is 341 g/mol. The van der Waals surface area contributed by atoms with Crippen LogP contribution in [-0.4, -0.2) is 43.9 Å². The summed E-state index contributed by atoms with van der Waals surface area (Å²) in [7, 11) is 0. The van der Waals surface area contributed by atoms with Crippen molar-refractivity contribution in [3.8, 4) is 0 Å². The third-order valence-corrected chi connectivity index (χ3v) is 5.20. The molecular formula is C18H23N5O2. The van der Waals surface area contributed by atoms with Crippen LogP contribution in [0.4, 0.5) is 0 Å². The average Bonchev–Trinajstić information content (AvgIpc) is 2.58. The standard InChI is InChI=1S/C18H23N5O2/c24-17-9-15-3-1-2-4-16(15)20-23(17)13-14-11-21(12-14)7-8-22-6-5-19-10-18(22)25/h5-6,9-10,14H,1-4,7-8,11-13H2. The van der Waals surface area contributed by atoms with Crippen molar-refractivity contribution in [3.63, 3.8) is 0 Å². The fourth-order valence-electron chi connectivity index (χ4n) is 3.76. The Hall–Kier alpha value is -2.28. The molecule has 25 heavy (non-hydrogen) atoms. The number of likely N-dealkylation sites (tertiary alicyclic amines) is 1. The summed E-state index contributed by atoms with van der Waals surface area (Å²) in [6, 6.07) is 1.79. The van der Waals surface area contributed by atoms with E-state index >= 15 is 0 Å². The van der Waals surface area contributed by atoms with Crippen LogP contribution in [0, 0.1) is 5.92 Å². The molecule has 0 N–H and O–H groups in total. The lowest BCUT2D eigenvalue weighted by Crippen LogP contribution is -2.50. The smallest absolute Gasteiger partial charge is 0.269 e. The van der Waals surface area contributed by atoms with E-state index in [4.69, 9.17) is 0 Å². The topological polar surface area (TPSA) is 73.0 Å². The minimum absolute atomic E-state index is 0.0300. The Balaban J connectivity index is 1.31. The van der Waals surface area contributed by atoms with Gasteiger partial charge in [0.1, 0.15) is 0 Å². The van der Waals surface area contributed by atoms with Gasteiger partial charge in [-0.3, -0.25) is 14.6 Å². The van der Waals surface area contributed by atoms with Crippen LogP contribution in [0.5, 0.6) is 0 Å². The quantitative estimate of drug-likeness (QED) is 0.783. The Morgan fingerprint density at radius 3 is 2.76 bits per heavy atom. The summed E-state index contributed by atoms with van der Waals surface area (Å²) in [6.45, 7) is 4.10. The molecule has 2 aromatic heterocycles. The Kier molecular flexibility index (Phi) is 4.48. The highest BCUT2D eigenvalue weighted by Gasteiger charge is 2.27. The van der Waals surface area contributed by atoms with E-state index in [0.717, 1.165) is 50.2 Å². The lowest BCUT2D eigenvalue weighted by molar-refractivity contribution is 0.0800. The van der Waals surface area contributed by atoms with Crippen LogP contribution in [0.15, 0.2) is 34.2 Å². The van der Waals surface area contributed by atoms with Crippen molar-refractivity contribution in [2.45, 2.75) is 38.8 Å². The van der Waals surface area contributed by atoms with Gasteiger partial charge < -0.3 is 9.47 Å². The number of aryl methyl sites for hydroxylation is 2. The summed E-state index contributed by atoms with van der Waals surface area (Å²) in [5.74, 6) is 0.459. The number of nitrogens with zero attached hydrogens (tertiary/aromatic N) is 5. The van der Waals surface area contributed by atoms with Gasteiger partial charge in [0.15, 0.2) is 0 Å². The fourth-order valence-corrected chi connectivity index (χ4v) is 3.76. The second-order valence-corrected chi connectivity index (χ2v) is 7.08. The molecule has 2 aromatic rings. The normalized spacial score (nSPS) is 17.9. The molecule has 0 atom stereocenters.